The summed E-state index contributed by atoms with van der Waals surface area (Å²) >= 11 is 4.66. The zero-order chi connectivity index (χ0) is 15.9. The molecule has 1 fully saturated rings. The van der Waals surface area contributed by atoms with Crippen molar-refractivity contribution in [2.45, 2.75) is 31.3 Å². The Bertz CT molecular complexity index is 417. The lowest BCUT2D eigenvalue weighted by Crippen LogP contribution is -2.42. The molecule has 9 nitrogen and oxygen atoms in total. The van der Waals surface area contributed by atoms with Gasteiger partial charge in [0.1, 0.15) is 0 Å². The molecule has 5 N–H and O–H groups in total. The third-order valence-corrected chi connectivity index (χ3v) is 2.45. The highest BCUT2D eigenvalue weighted by Gasteiger charge is 2.40. The van der Waals surface area contributed by atoms with Crippen LogP contribution in [0.4, 0.5) is 0 Å². The third kappa shape index (κ3) is 6.75. The van der Waals surface area contributed by atoms with E-state index in [-0.39, 0.29) is 5.91 Å². The molecule has 1 saturated heterocycles. The summed E-state index contributed by atoms with van der Waals surface area (Å²) < 4.78 is 0. The Morgan fingerprint density at radius 2 is 1.55 bits per heavy atom. The number of aliphatic carboxylic acids is 3. The van der Waals surface area contributed by atoms with Crippen LogP contribution in [0.1, 0.15) is 25.7 Å². The molecule has 1 aliphatic heterocycles. The molecule has 0 spiro atoms. The topological polar surface area (TPSA) is 161 Å². The fraction of sp³-hybridized carbons (Fsp3) is 0.500. The maximum Gasteiger partial charge on any atom is 0.336 e. The van der Waals surface area contributed by atoms with Gasteiger partial charge in [-0.05, 0) is 0 Å². The van der Waals surface area contributed by atoms with Gasteiger partial charge in [0.05, 0.1) is 17.8 Å². The molecule has 1 amide bonds. The summed E-state index contributed by atoms with van der Waals surface area (Å²) in [7, 11) is 0. The summed E-state index contributed by atoms with van der Waals surface area (Å²) in [6.45, 7) is 0. The Labute approximate surface area is 118 Å². The molecule has 1 aliphatic rings. The first-order chi connectivity index (χ1) is 9.06. The smallest absolute Gasteiger partial charge is 0.336 e. The minimum atomic E-state index is -2.74. The Balaban J connectivity index is 0.000000428. The highest BCUT2D eigenvalue weighted by atomic mass is 32.1. The molecule has 1 rings (SSSR count). The van der Waals surface area contributed by atoms with E-state index >= 15 is 0 Å². The Hall–Kier alpha value is -2.07. The van der Waals surface area contributed by atoms with Crippen LogP contribution in [0.5, 0.6) is 0 Å². The number of carbonyl (C=O) groups excluding carboxylic acids is 1. The number of rotatable bonds is 5. The van der Waals surface area contributed by atoms with Crippen LogP contribution in [0.2, 0.25) is 0 Å². The van der Waals surface area contributed by atoms with Crippen molar-refractivity contribution in [1.82, 2.24) is 5.32 Å². The normalized spacial score (nSPS) is 14.1. The van der Waals surface area contributed by atoms with Gasteiger partial charge in [0.25, 0.3) is 0 Å². The van der Waals surface area contributed by atoms with Gasteiger partial charge in [0, 0.05) is 12.8 Å². The van der Waals surface area contributed by atoms with Gasteiger partial charge in [0.2, 0.25) is 5.91 Å². The summed E-state index contributed by atoms with van der Waals surface area (Å²) in [6, 6.07) is 0. The van der Waals surface area contributed by atoms with Crippen LogP contribution < -0.4 is 5.32 Å². The first kappa shape index (κ1) is 17.9. The van der Waals surface area contributed by atoms with E-state index in [1.54, 1.807) is 0 Å². The van der Waals surface area contributed by atoms with E-state index in [4.69, 9.17) is 20.4 Å². The van der Waals surface area contributed by atoms with E-state index in [2.05, 4.69) is 17.5 Å². The molecule has 0 aromatic carbocycles. The van der Waals surface area contributed by atoms with Crippen molar-refractivity contribution in [3.63, 3.8) is 0 Å². The van der Waals surface area contributed by atoms with Gasteiger partial charge < -0.3 is 25.7 Å². The van der Waals surface area contributed by atoms with E-state index in [1.807, 2.05) is 0 Å². The molecule has 0 radical (unpaired) electrons. The Kier molecular flexibility index (Phi) is 6.73. The van der Waals surface area contributed by atoms with Gasteiger partial charge in [-0.15, -0.1) is 0 Å². The van der Waals surface area contributed by atoms with Crippen LogP contribution >= 0.6 is 12.2 Å². The third-order valence-electron chi connectivity index (χ3n) is 2.14. The molecular formula is C10H13NO8S. The molecule has 0 saturated carbocycles. The lowest BCUT2D eigenvalue weighted by atomic mass is 9.96. The fourth-order valence-electron chi connectivity index (χ4n) is 1.22. The number of aliphatic hydroxyl groups is 1. The molecular weight excluding hydrogens is 294 g/mol. The lowest BCUT2D eigenvalue weighted by molar-refractivity contribution is -0.170. The van der Waals surface area contributed by atoms with Crippen molar-refractivity contribution in [3.8, 4) is 0 Å². The number of thiocarbonyl (C=S) groups is 1. The summed E-state index contributed by atoms with van der Waals surface area (Å²) in [6.07, 6.45) is -0.962. The monoisotopic (exact) mass is 307 g/mol. The molecule has 0 aromatic rings. The van der Waals surface area contributed by atoms with Gasteiger partial charge in [0.15, 0.2) is 5.60 Å². The second-order valence-electron chi connectivity index (χ2n) is 3.95. The fourth-order valence-corrected chi connectivity index (χ4v) is 1.44. The number of carboxylic acid groups (broad SMARTS) is 3. The van der Waals surface area contributed by atoms with Gasteiger partial charge in [-0.1, -0.05) is 12.2 Å². The first-order valence-corrected chi connectivity index (χ1v) is 5.69. The zero-order valence-electron chi connectivity index (χ0n) is 10.2. The first-order valence-electron chi connectivity index (χ1n) is 5.29. The average Bonchev–Trinajstić information content (AvgIpc) is 2.60. The zero-order valence-corrected chi connectivity index (χ0v) is 11.0. The minimum Gasteiger partial charge on any atom is -0.481 e. The number of nitrogens with one attached hydrogen (secondary N) is 1. The van der Waals surface area contributed by atoms with Gasteiger partial charge in [-0.2, -0.15) is 0 Å². The van der Waals surface area contributed by atoms with Crippen molar-refractivity contribution in [3.05, 3.63) is 0 Å². The number of hydrogen-bond donors (Lipinski definition) is 5. The molecule has 0 aromatic heterocycles. The summed E-state index contributed by atoms with van der Waals surface area (Å²) in [5, 5.41) is 36.3. The summed E-state index contributed by atoms with van der Waals surface area (Å²) in [5.74, 6) is -4.96. The number of carboxylic acids is 3. The van der Waals surface area contributed by atoms with E-state index in [1.165, 1.54) is 0 Å². The van der Waals surface area contributed by atoms with E-state index in [0.29, 0.717) is 11.4 Å². The van der Waals surface area contributed by atoms with Crippen LogP contribution in [0.3, 0.4) is 0 Å². The predicted molar refractivity (Wildman–Crippen MR) is 67.1 cm³/mol. The molecule has 20 heavy (non-hydrogen) atoms. The highest BCUT2D eigenvalue weighted by Crippen LogP contribution is 2.15. The Morgan fingerprint density at radius 3 is 1.70 bits per heavy atom. The quantitative estimate of drug-likeness (QED) is 0.400. The molecule has 0 unspecified atom stereocenters. The van der Waals surface area contributed by atoms with Gasteiger partial charge in [-0.3, -0.25) is 14.4 Å². The van der Waals surface area contributed by atoms with Gasteiger partial charge >= 0.3 is 17.9 Å². The van der Waals surface area contributed by atoms with Crippen LogP contribution in [-0.4, -0.2) is 54.8 Å². The van der Waals surface area contributed by atoms with E-state index < -0.39 is 36.4 Å². The average molecular weight is 307 g/mol. The number of amides is 1. The molecule has 112 valence electrons. The minimum absolute atomic E-state index is 0.0602. The maximum atomic E-state index is 10.3. The highest BCUT2D eigenvalue weighted by molar-refractivity contribution is 7.80. The molecule has 1 heterocycles. The SMILES string of the molecule is O=C(O)CC(O)(CC(=O)O)C(=O)O.O=C1CCC(=S)N1. The van der Waals surface area contributed by atoms with Crippen molar-refractivity contribution in [2.75, 3.05) is 0 Å². The largest absolute Gasteiger partial charge is 0.481 e. The van der Waals surface area contributed by atoms with E-state index in [0.717, 1.165) is 6.42 Å². The second-order valence-corrected chi connectivity index (χ2v) is 4.44. The van der Waals surface area contributed by atoms with Crippen LogP contribution in [0, 0.1) is 0 Å². The standard InChI is InChI=1S/C6H8O7.C4H5NOS/c7-3(8)1-6(13,5(11)12)2-4(9)10;6-3-1-2-4(7)5-3/h13H,1-2H2,(H,7,8)(H,9,10)(H,11,12);1-2H2,(H,5,6,7). The Morgan fingerprint density at radius 1 is 1.10 bits per heavy atom. The van der Waals surface area contributed by atoms with E-state index in [9.17, 15) is 19.2 Å². The lowest BCUT2D eigenvalue weighted by Gasteiger charge is -2.18. The second kappa shape index (κ2) is 7.50. The van der Waals surface area contributed by atoms with Crippen molar-refractivity contribution in [1.29, 1.82) is 0 Å². The predicted octanol–water partition coefficient (Wildman–Crippen LogP) is -1.02. The molecule has 0 bridgehead atoms. The number of hydrogen-bond acceptors (Lipinski definition) is 6. The van der Waals surface area contributed by atoms with Crippen molar-refractivity contribution >= 4 is 41.0 Å². The summed E-state index contributed by atoms with van der Waals surface area (Å²) in [4.78, 5) is 41.4. The summed E-state index contributed by atoms with van der Waals surface area (Å²) in [5.41, 5.74) is -2.74. The van der Waals surface area contributed by atoms with Crippen LogP contribution in [0.15, 0.2) is 0 Å². The van der Waals surface area contributed by atoms with Crippen molar-refractivity contribution in [2.24, 2.45) is 0 Å². The number of carbonyl (C=O) groups is 4. The molecule has 0 aliphatic carbocycles. The molecule has 10 heteroatoms. The molecule has 0 atom stereocenters. The van der Waals surface area contributed by atoms with Gasteiger partial charge in [-0.25, -0.2) is 4.79 Å². The van der Waals surface area contributed by atoms with Crippen LogP contribution in [-0.2, 0) is 19.2 Å². The van der Waals surface area contributed by atoms with Crippen molar-refractivity contribution < 1.29 is 39.6 Å². The maximum absolute atomic E-state index is 10.3. The van der Waals surface area contributed by atoms with Crippen LogP contribution in [0.25, 0.3) is 0 Å².